The van der Waals surface area contributed by atoms with Crippen molar-refractivity contribution in [1.82, 2.24) is 4.57 Å². The highest BCUT2D eigenvalue weighted by atomic mass is 16.5. The van der Waals surface area contributed by atoms with Gasteiger partial charge in [-0.2, -0.15) is 0 Å². The summed E-state index contributed by atoms with van der Waals surface area (Å²) in [5.74, 6) is 0.642. The number of methoxy groups -OCH3 is 1. The lowest BCUT2D eigenvalue weighted by Crippen LogP contribution is -2.16. The molecule has 0 aliphatic rings. The fraction of sp³-hybridized carbons (Fsp3) is 0.286. The van der Waals surface area contributed by atoms with Crippen molar-refractivity contribution in [3.8, 4) is 5.75 Å². The summed E-state index contributed by atoms with van der Waals surface area (Å²) in [5.41, 5.74) is 1.38. The van der Waals surface area contributed by atoms with Crippen molar-refractivity contribution in [2.24, 2.45) is 0 Å². The fourth-order valence-electron chi connectivity index (χ4n) is 2.11. The molecule has 0 amide bonds. The number of carbonyl (C=O) groups is 1. The molecule has 4 nitrogen and oxygen atoms in total. The fourth-order valence-corrected chi connectivity index (χ4v) is 2.11. The van der Waals surface area contributed by atoms with Crippen molar-refractivity contribution in [3.63, 3.8) is 0 Å². The molecule has 0 unspecified atom stereocenters. The number of ether oxygens (including phenoxy) is 1. The number of pyridine rings is 1. The molecule has 2 rings (SSSR count). The Hall–Kier alpha value is -2.10. The number of para-hydroxylation sites is 1. The molecule has 0 N–H and O–H groups in total. The Morgan fingerprint density at radius 1 is 1.39 bits per heavy atom. The van der Waals surface area contributed by atoms with Crippen LogP contribution in [0.15, 0.2) is 29.1 Å². The first-order chi connectivity index (χ1) is 8.54. The summed E-state index contributed by atoms with van der Waals surface area (Å²) in [6, 6.07) is 6.86. The van der Waals surface area contributed by atoms with Crippen LogP contribution in [0.3, 0.4) is 0 Å². The molecule has 1 aromatic heterocycles. The second kappa shape index (κ2) is 4.64. The summed E-state index contributed by atoms with van der Waals surface area (Å²) in [4.78, 5) is 23.3. The van der Waals surface area contributed by atoms with E-state index in [-0.39, 0.29) is 17.8 Å². The van der Waals surface area contributed by atoms with Crippen LogP contribution < -0.4 is 10.2 Å². The molecular weight excluding hydrogens is 230 g/mol. The summed E-state index contributed by atoms with van der Waals surface area (Å²) in [7, 11) is 1.56. The number of aryl methyl sites for hydroxylation is 1. The first-order valence-electron chi connectivity index (χ1n) is 5.71. The molecule has 0 fully saturated rings. The van der Waals surface area contributed by atoms with Gasteiger partial charge in [-0.05, 0) is 26.0 Å². The largest absolute Gasteiger partial charge is 0.495 e. The lowest BCUT2D eigenvalue weighted by Gasteiger charge is -2.15. The van der Waals surface area contributed by atoms with E-state index in [4.69, 9.17) is 4.74 Å². The van der Waals surface area contributed by atoms with Crippen LogP contribution in [0, 0.1) is 6.92 Å². The molecule has 0 bridgehead atoms. The van der Waals surface area contributed by atoms with Crippen molar-refractivity contribution in [3.05, 3.63) is 40.2 Å². The third-order valence-electron chi connectivity index (χ3n) is 2.90. The standard InChI is InChI=1S/C14H15NO3/c1-9-7-12(17)11-5-4-6-13(18-3)14(11)15(9)8-10(2)16/h4-7H,8H2,1-3H3. The third-order valence-corrected chi connectivity index (χ3v) is 2.90. The molecule has 1 aromatic carbocycles. The second-order valence-electron chi connectivity index (χ2n) is 4.29. The van der Waals surface area contributed by atoms with Gasteiger partial charge in [0.25, 0.3) is 0 Å². The summed E-state index contributed by atoms with van der Waals surface area (Å²) >= 11 is 0. The van der Waals surface area contributed by atoms with Crippen LogP contribution in [0.2, 0.25) is 0 Å². The van der Waals surface area contributed by atoms with Gasteiger partial charge in [0.05, 0.1) is 19.2 Å². The molecule has 0 radical (unpaired) electrons. The zero-order valence-electron chi connectivity index (χ0n) is 10.7. The zero-order chi connectivity index (χ0) is 13.3. The van der Waals surface area contributed by atoms with Crippen molar-refractivity contribution in [2.75, 3.05) is 7.11 Å². The highest BCUT2D eigenvalue weighted by Crippen LogP contribution is 2.24. The van der Waals surface area contributed by atoms with Gasteiger partial charge in [-0.3, -0.25) is 9.59 Å². The number of benzene rings is 1. The van der Waals surface area contributed by atoms with E-state index in [0.29, 0.717) is 16.7 Å². The van der Waals surface area contributed by atoms with E-state index < -0.39 is 0 Å². The van der Waals surface area contributed by atoms with Gasteiger partial charge in [0.2, 0.25) is 0 Å². The van der Waals surface area contributed by atoms with Crippen LogP contribution >= 0.6 is 0 Å². The summed E-state index contributed by atoms with van der Waals surface area (Å²) in [5, 5.41) is 0.571. The predicted molar refractivity (Wildman–Crippen MR) is 70.2 cm³/mol. The van der Waals surface area contributed by atoms with Crippen molar-refractivity contribution < 1.29 is 9.53 Å². The Kier molecular flexibility index (Phi) is 3.19. The number of Topliss-reactive ketones (excluding diaryl/α,β-unsaturated/α-hetero) is 1. The predicted octanol–water partition coefficient (Wildman–Crippen LogP) is 1.91. The number of aromatic nitrogens is 1. The molecular formula is C14H15NO3. The number of nitrogens with zero attached hydrogens (tertiary/aromatic N) is 1. The van der Waals surface area contributed by atoms with Gasteiger partial charge in [0, 0.05) is 17.1 Å². The molecule has 2 aromatic rings. The molecule has 4 heteroatoms. The average Bonchev–Trinajstić information content (AvgIpc) is 2.33. The first kappa shape index (κ1) is 12.4. The van der Waals surface area contributed by atoms with Crippen LogP contribution in [-0.4, -0.2) is 17.5 Å². The van der Waals surface area contributed by atoms with E-state index >= 15 is 0 Å². The Labute approximate surface area is 105 Å². The first-order valence-corrected chi connectivity index (χ1v) is 5.71. The highest BCUT2D eigenvalue weighted by molar-refractivity contribution is 5.87. The normalized spacial score (nSPS) is 10.6. The topological polar surface area (TPSA) is 48.3 Å². The zero-order valence-corrected chi connectivity index (χ0v) is 10.7. The number of rotatable bonds is 3. The van der Waals surface area contributed by atoms with Crippen molar-refractivity contribution >= 4 is 16.7 Å². The average molecular weight is 245 g/mol. The number of fused-ring (bicyclic) bond motifs is 1. The number of ketones is 1. The summed E-state index contributed by atoms with van der Waals surface area (Å²) in [6.07, 6.45) is 0. The Bertz CT molecular complexity index is 671. The van der Waals surface area contributed by atoms with E-state index in [1.807, 2.05) is 11.5 Å². The summed E-state index contributed by atoms with van der Waals surface area (Å²) < 4.78 is 7.11. The highest BCUT2D eigenvalue weighted by Gasteiger charge is 2.12. The molecule has 0 aliphatic heterocycles. The maximum atomic E-state index is 12.0. The maximum Gasteiger partial charge on any atom is 0.189 e. The van der Waals surface area contributed by atoms with Gasteiger partial charge in [-0.15, -0.1) is 0 Å². The smallest absolute Gasteiger partial charge is 0.189 e. The van der Waals surface area contributed by atoms with Crippen molar-refractivity contribution in [1.29, 1.82) is 0 Å². The van der Waals surface area contributed by atoms with Crippen LogP contribution in [0.5, 0.6) is 5.75 Å². The van der Waals surface area contributed by atoms with Crippen LogP contribution in [0.4, 0.5) is 0 Å². The lowest BCUT2D eigenvalue weighted by atomic mass is 10.1. The Morgan fingerprint density at radius 3 is 2.72 bits per heavy atom. The minimum absolute atomic E-state index is 0.0361. The van der Waals surface area contributed by atoms with Gasteiger partial charge < -0.3 is 9.30 Å². The number of hydrogen-bond donors (Lipinski definition) is 0. The third kappa shape index (κ3) is 2.01. The molecule has 1 heterocycles. The lowest BCUT2D eigenvalue weighted by molar-refractivity contribution is -0.117. The molecule has 0 spiro atoms. The number of carbonyl (C=O) groups excluding carboxylic acids is 1. The van der Waals surface area contributed by atoms with Gasteiger partial charge in [0.15, 0.2) is 5.43 Å². The monoisotopic (exact) mass is 245 g/mol. The van der Waals surface area contributed by atoms with E-state index in [2.05, 4.69) is 0 Å². The van der Waals surface area contributed by atoms with Crippen molar-refractivity contribution in [2.45, 2.75) is 20.4 Å². The molecule has 0 saturated carbocycles. The molecule has 0 aliphatic carbocycles. The van der Waals surface area contributed by atoms with E-state index in [0.717, 1.165) is 5.69 Å². The Balaban J connectivity index is 2.90. The minimum atomic E-state index is -0.0544. The molecule has 0 saturated heterocycles. The molecule has 94 valence electrons. The molecule has 18 heavy (non-hydrogen) atoms. The van der Waals surface area contributed by atoms with Gasteiger partial charge >= 0.3 is 0 Å². The number of hydrogen-bond acceptors (Lipinski definition) is 3. The van der Waals surface area contributed by atoms with E-state index in [1.165, 1.54) is 6.92 Å². The minimum Gasteiger partial charge on any atom is -0.495 e. The van der Waals surface area contributed by atoms with E-state index in [1.54, 1.807) is 31.4 Å². The second-order valence-corrected chi connectivity index (χ2v) is 4.29. The maximum absolute atomic E-state index is 12.0. The quantitative estimate of drug-likeness (QED) is 0.829. The van der Waals surface area contributed by atoms with Gasteiger partial charge in [0.1, 0.15) is 11.5 Å². The van der Waals surface area contributed by atoms with Crippen LogP contribution in [0.25, 0.3) is 10.9 Å². The van der Waals surface area contributed by atoms with Gasteiger partial charge in [-0.25, -0.2) is 0 Å². The Morgan fingerprint density at radius 2 is 2.11 bits per heavy atom. The summed E-state index contributed by atoms with van der Waals surface area (Å²) in [6.45, 7) is 3.58. The van der Waals surface area contributed by atoms with Crippen LogP contribution in [0.1, 0.15) is 12.6 Å². The van der Waals surface area contributed by atoms with E-state index in [9.17, 15) is 9.59 Å². The SMILES string of the molecule is COc1cccc2c(=O)cc(C)n(CC(C)=O)c12. The van der Waals surface area contributed by atoms with Gasteiger partial charge in [-0.1, -0.05) is 6.07 Å². The van der Waals surface area contributed by atoms with Crippen LogP contribution in [-0.2, 0) is 11.3 Å². The molecule has 0 atom stereocenters.